The number of benzene rings is 3. The number of anilines is 1. The molecule has 0 saturated carbocycles. The van der Waals surface area contributed by atoms with Crippen LogP contribution >= 0.6 is 0 Å². The Morgan fingerprint density at radius 1 is 1.06 bits per heavy atom. The molecule has 1 N–H and O–H groups in total. The number of halogens is 1. The van der Waals surface area contributed by atoms with Crippen molar-refractivity contribution in [2.24, 2.45) is 0 Å². The predicted octanol–water partition coefficient (Wildman–Crippen LogP) is 5.34. The van der Waals surface area contributed by atoms with E-state index in [2.05, 4.69) is 5.32 Å². The second-order valence-electron chi connectivity index (χ2n) is 8.71. The molecule has 3 aromatic rings. The number of para-hydroxylation sites is 2. The van der Waals surface area contributed by atoms with Crippen molar-refractivity contribution >= 4 is 23.6 Å². The van der Waals surface area contributed by atoms with Crippen molar-refractivity contribution in [1.29, 1.82) is 0 Å². The average molecular weight is 489 g/mol. The zero-order chi connectivity index (χ0) is 25.5. The summed E-state index contributed by atoms with van der Waals surface area (Å²) in [6, 6.07) is 20.4. The van der Waals surface area contributed by atoms with Gasteiger partial charge < -0.3 is 14.8 Å². The normalized spacial score (nSPS) is 14.1. The smallest absolute Gasteiger partial charge is 0.294 e. The molecule has 4 rings (SSSR count). The highest BCUT2D eigenvalue weighted by molar-refractivity contribution is 6.09. The van der Waals surface area contributed by atoms with Gasteiger partial charge in [0.2, 0.25) is 0 Å². The SMILES string of the molecule is CC(C)OCCCNC(=O)c1ccc(C=C2Oc3ccccc3N(Cc3ccccc3F)C2=O)cc1. The van der Waals surface area contributed by atoms with Crippen LogP contribution in [0, 0.1) is 5.82 Å². The number of hydrogen-bond acceptors (Lipinski definition) is 4. The van der Waals surface area contributed by atoms with Gasteiger partial charge >= 0.3 is 0 Å². The zero-order valence-corrected chi connectivity index (χ0v) is 20.4. The predicted molar refractivity (Wildman–Crippen MR) is 137 cm³/mol. The van der Waals surface area contributed by atoms with E-state index in [1.807, 2.05) is 19.9 Å². The second kappa shape index (κ2) is 11.6. The first-order valence-electron chi connectivity index (χ1n) is 12.0. The fourth-order valence-corrected chi connectivity index (χ4v) is 3.79. The van der Waals surface area contributed by atoms with Gasteiger partial charge in [-0.3, -0.25) is 14.5 Å². The first kappa shape index (κ1) is 25.1. The van der Waals surface area contributed by atoms with Crippen molar-refractivity contribution in [2.45, 2.75) is 32.9 Å². The quantitative estimate of drug-likeness (QED) is 0.326. The molecular weight excluding hydrogens is 459 g/mol. The van der Waals surface area contributed by atoms with Crippen molar-refractivity contribution in [3.63, 3.8) is 0 Å². The molecule has 1 heterocycles. The van der Waals surface area contributed by atoms with Crippen LogP contribution in [0.25, 0.3) is 6.08 Å². The van der Waals surface area contributed by atoms with E-state index in [1.54, 1.807) is 66.7 Å². The molecule has 0 spiro atoms. The van der Waals surface area contributed by atoms with Crippen LogP contribution < -0.4 is 15.0 Å². The molecule has 0 bridgehead atoms. The van der Waals surface area contributed by atoms with Crippen molar-refractivity contribution in [2.75, 3.05) is 18.1 Å². The minimum atomic E-state index is -0.374. The summed E-state index contributed by atoms with van der Waals surface area (Å²) in [6.45, 7) is 5.14. The van der Waals surface area contributed by atoms with Crippen LogP contribution in [-0.2, 0) is 16.1 Å². The lowest BCUT2D eigenvalue weighted by Crippen LogP contribution is -2.37. The van der Waals surface area contributed by atoms with Crippen LogP contribution in [0.1, 0.15) is 41.8 Å². The molecule has 1 aliphatic rings. The van der Waals surface area contributed by atoms with Gasteiger partial charge in [-0.2, -0.15) is 0 Å². The summed E-state index contributed by atoms with van der Waals surface area (Å²) in [6.07, 6.45) is 2.53. The highest BCUT2D eigenvalue weighted by Gasteiger charge is 2.30. The van der Waals surface area contributed by atoms with Crippen LogP contribution in [0.4, 0.5) is 10.1 Å². The van der Waals surface area contributed by atoms with Gasteiger partial charge in [-0.15, -0.1) is 0 Å². The molecule has 2 amide bonds. The van der Waals surface area contributed by atoms with Crippen molar-refractivity contribution < 1.29 is 23.5 Å². The van der Waals surface area contributed by atoms with Gasteiger partial charge in [0.1, 0.15) is 5.82 Å². The molecule has 0 aliphatic carbocycles. The number of carbonyl (C=O) groups is 2. The third-order valence-corrected chi connectivity index (χ3v) is 5.65. The van der Waals surface area contributed by atoms with E-state index in [4.69, 9.17) is 9.47 Å². The van der Waals surface area contributed by atoms with Crippen molar-refractivity contribution in [3.8, 4) is 5.75 Å². The van der Waals surface area contributed by atoms with Gasteiger partial charge in [-0.05, 0) is 62.2 Å². The standard InChI is InChI=1S/C29H29FN2O4/c1-20(2)35-17-7-16-31-28(33)22-14-12-21(13-15-22)18-27-29(34)32(19-23-8-3-4-9-24(23)30)25-10-5-6-11-26(25)36-27/h3-6,8-15,18,20H,7,16-17,19H2,1-2H3,(H,31,33). The van der Waals surface area contributed by atoms with Gasteiger partial charge in [0.05, 0.1) is 18.3 Å². The Kier molecular flexibility index (Phi) is 8.13. The average Bonchev–Trinajstić information content (AvgIpc) is 2.87. The summed E-state index contributed by atoms with van der Waals surface area (Å²) in [5.74, 6) is -0.290. The third kappa shape index (κ3) is 6.17. The van der Waals surface area contributed by atoms with E-state index in [1.165, 1.54) is 11.0 Å². The number of fused-ring (bicyclic) bond motifs is 1. The minimum Gasteiger partial charge on any atom is -0.449 e. The van der Waals surface area contributed by atoms with E-state index in [0.717, 1.165) is 6.42 Å². The summed E-state index contributed by atoms with van der Waals surface area (Å²) in [7, 11) is 0. The highest BCUT2D eigenvalue weighted by atomic mass is 19.1. The van der Waals surface area contributed by atoms with E-state index >= 15 is 0 Å². The maximum Gasteiger partial charge on any atom is 0.294 e. The summed E-state index contributed by atoms with van der Waals surface area (Å²) in [4.78, 5) is 27.2. The maximum atomic E-state index is 14.3. The molecule has 0 atom stereocenters. The fourth-order valence-electron chi connectivity index (χ4n) is 3.79. The summed E-state index contributed by atoms with van der Waals surface area (Å²) < 4.78 is 25.7. The number of rotatable bonds is 9. The molecule has 0 fully saturated rings. The Bertz CT molecular complexity index is 1250. The largest absolute Gasteiger partial charge is 0.449 e. The molecule has 7 heteroatoms. The molecular formula is C29H29FN2O4. The maximum absolute atomic E-state index is 14.3. The summed E-state index contributed by atoms with van der Waals surface area (Å²) >= 11 is 0. The van der Waals surface area contributed by atoms with Gasteiger partial charge in [0.25, 0.3) is 11.8 Å². The van der Waals surface area contributed by atoms with Crippen molar-refractivity contribution in [3.05, 3.63) is 101 Å². The number of amides is 2. The van der Waals surface area contributed by atoms with E-state index < -0.39 is 0 Å². The molecule has 0 saturated heterocycles. The Morgan fingerprint density at radius 3 is 2.53 bits per heavy atom. The van der Waals surface area contributed by atoms with Crippen LogP contribution in [0.5, 0.6) is 5.75 Å². The Hall–Kier alpha value is -3.97. The Balaban J connectivity index is 1.48. The minimum absolute atomic E-state index is 0.0739. The third-order valence-electron chi connectivity index (χ3n) is 5.65. The summed E-state index contributed by atoms with van der Waals surface area (Å²) in [5.41, 5.74) is 2.21. The molecule has 186 valence electrons. The first-order chi connectivity index (χ1) is 17.4. The zero-order valence-electron chi connectivity index (χ0n) is 20.4. The van der Waals surface area contributed by atoms with E-state index in [9.17, 15) is 14.0 Å². The first-order valence-corrected chi connectivity index (χ1v) is 12.0. The number of nitrogens with one attached hydrogen (secondary N) is 1. The molecule has 6 nitrogen and oxygen atoms in total. The summed E-state index contributed by atoms with van der Waals surface area (Å²) in [5, 5.41) is 2.87. The van der Waals surface area contributed by atoms with E-state index in [-0.39, 0.29) is 36.0 Å². The lowest BCUT2D eigenvalue weighted by Gasteiger charge is -2.30. The van der Waals surface area contributed by atoms with Gasteiger partial charge in [-0.25, -0.2) is 4.39 Å². The number of hydrogen-bond donors (Lipinski definition) is 1. The van der Waals surface area contributed by atoms with Crippen LogP contribution in [0.15, 0.2) is 78.6 Å². The Morgan fingerprint density at radius 2 is 1.78 bits per heavy atom. The number of nitrogens with zero attached hydrogens (tertiary/aromatic N) is 1. The van der Waals surface area contributed by atoms with Crippen LogP contribution in [0.2, 0.25) is 0 Å². The molecule has 3 aromatic carbocycles. The number of carbonyl (C=O) groups excluding carboxylic acids is 2. The second-order valence-corrected chi connectivity index (χ2v) is 8.71. The molecule has 0 radical (unpaired) electrons. The fraction of sp³-hybridized carbons (Fsp3) is 0.241. The lowest BCUT2D eigenvalue weighted by atomic mass is 10.1. The van der Waals surface area contributed by atoms with Gasteiger partial charge in [0.15, 0.2) is 11.5 Å². The topological polar surface area (TPSA) is 67.9 Å². The van der Waals surface area contributed by atoms with Gasteiger partial charge in [0, 0.05) is 24.3 Å². The number of ether oxygens (including phenoxy) is 2. The van der Waals surface area contributed by atoms with Crippen molar-refractivity contribution in [1.82, 2.24) is 5.32 Å². The van der Waals surface area contributed by atoms with Gasteiger partial charge in [-0.1, -0.05) is 42.5 Å². The molecule has 0 aromatic heterocycles. The lowest BCUT2D eigenvalue weighted by molar-refractivity contribution is -0.117. The molecule has 36 heavy (non-hydrogen) atoms. The monoisotopic (exact) mass is 488 g/mol. The van der Waals surface area contributed by atoms with E-state index in [0.29, 0.717) is 41.3 Å². The molecule has 0 unspecified atom stereocenters. The highest BCUT2D eigenvalue weighted by Crippen LogP contribution is 2.36. The Labute approximate surface area is 210 Å². The van der Waals surface area contributed by atoms with Crippen LogP contribution in [-0.4, -0.2) is 31.1 Å². The molecule has 1 aliphatic heterocycles. The van der Waals surface area contributed by atoms with Crippen LogP contribution in [0.3, 0.4) is 0 Å².